The highest BCUT2D eigenvalue weighted by Gasteiger charge is 2.32. The summed E-state index contributed by atoms with van der Waals surface area (Å²) in [5.74, 6) is 0.444. The van der Waals surface area contributed by atoms with Gasteiger partial charge >= 0.3 is 0 Å². The Morgan fingerprint density at radius 2 is 2.00 bits per heavy atom. The standard InChI is InChI=1S/C17H18N4O2S/c1-11-4-2-3-5-13(11)14(20-8-6-12(22)7-9-20)15-16(23)21-17(24-15)18-10-19-21/h2-5,10,14,23H,6-9H2,1H3. The Labute approximate surface area is 143 Å². The maximum absolute atomic E-state index is 11.6. The molecule has 1 unspecified atom stereocenters. The lowest BCUT2D eigenvalue weighted by molar-refractivity contribution is -0.121. The molecule has 3 heterocycles. The molecule has 1 aliphatic heterocycles. The molecule has 1 fully saturated rings. The number of aryl methyl sites for hydroxylation is 1. The topological polar surface area (TPSA) is 70.7 Å². The fourth-order valence-corrected chi connectivity index (χ4v) is 4.38. The second-order valence-corrected chi connectivity index (χ2v) is 7.09. The number of aromatic nitrogens is 3. The number of thiazole rings is 1. The monoisotopic (exact) mass is 342 g/mol. The fourth-order valence-electron chi connectivity index (χ4n) is 3.30. The van der Waals surface area contributed by atoms with E-state index in [0.29, 0.717) is 36.7 Å². The molecule has 124 valence electrons. The molecular formula is C17H18N4O2S. The molecule has 1 saturated heterocycles. The van der Waals surface area contributed by atoms with Gasteiger partial charge in [0.1, 0.15) is 12.1 Å². The third-order valence-electron chi connectivity index (χ3n) is 4.59. The normalized spacial score (nSPS) is 17.5. The highest BCUT2D eigenvalue weighted by molar-refractivity contribution is 7.17. The number of piperidine rings is 1. The first-order valence-electron chi connectivity index (χ1n) is 7.98. The number of hydrogen-bond acceptors (Lipinski definition) is 6. The van der Waals surface area contributed by atoms with Crippen LogP contribution in [0.3, 0.4) is 0 Å². The number of Topliss-reactive ketones (excluding diaryl/α,β-unsaturated/α-hetero) is 1. The van der Waals surface area contributed by atoms with E-state index in [1.165, 1.54) is 22.2 Å². The van der Waals surface area contributed by atoms with Gasteiger partial charge in [0.25, 0.3) is 0 Å². The SMILES string of the molecule is Cc1ccccc1C(c1sc2ncnn2c1O)N1CCC(=O)CC1. The molecule has 2 aromatic heterocycles. The molecule has 0 amide bonds. The number of carbonyl (C=O) groups is 1. The first-order chi connectivity index (χ1) is 11.6. The summed E-state index contributed by atoms with van der Waals surface area (Å²) in [5.41, 5.74) is 2.31. The maximum atomic E-state index is 11.6. The zero-order valence-electron chi connectivity index (χ0n) is 13.3. The van der Waals surface area contributed by atoms with E-state index in [1.807, 2.05) is 12.1 Å². The minimum Gasteiger partial charge on any atom is -0.492 e. The lowest BCUT2D eigenvalue weighted by Crippen LogP contribution is -2.37. The minimum atomic E-state index is -0.0900. The highest BCUT2D eigenvalue weighted by atomic mass is 32.1. The molecule has 6 nitrogen and oxygen atoms in total. The molecule has 0 aliphatic carbocycles. The minimum absolute atomic E-state index is 0.0900. The Morgan fingerprint density at radius 1 is 1.25 bits per heavy atom. The summed E-state index contributed by atoms with van der Waals surface area (Å²) < 4.78 is 1.47. The van der Waals surface area contributed by atoms with Gasteiger partial charge in [-0.3, -0.25) is 9.69 Å². The summed E-state index contributed by atoms with van der Waals surface area (Å²) in [7, 11) is 0. The van der Waals surface area contributed by atoms with Crippen LogP contribution in [-0.2, 0) is 4.79 Å². The van der Waals surface area contributed by atoms with E-state index in [2.05, 4.69) is 34.0 Å². The van der Waals surface area contributed by atoms with Crippen LogP contribution in [0.4, 0.5) is 0 Å². The molecule has 4 rings (SSSR count). The van der Waals surface area contributed by atoms with Gasteiger partial charge in [-0.2, -0.15) is 9.61 Å². The summed E-state index contributed by atoms with van der Waals surface area (Å²) >= 11 is 1.45. The van der Waals surface area contributed by atoms with Crippen LogP contribution in [0.1, 0.15) is 34.9 Å². The van der Waals surface area contributed by atoms with Crippen molar-refractivity contribution in [1.29, 1.82) is 0 Å². The molecule has 7 heteroatoms. The Balaban J connectivity index is 1.83. The Hall–Kier alpha value is -2.25. The van der Waals surface area contributed by atoms with Crippen LogP contribution in [0.5, 0.6) is 5.88 Å². The van der Waals surface area contributed by atoms with E-state index in [0.717, 1.165) is 16.0 Å². The van der Waals surface area contributed by atoms with Gasteiger partial charge in [0.05, 0.1) is 10.9 Å². The summed E-state index contributed by atoms with van der Waals surface area (Å²) in [6, 6.07) is 8.10. The zero-order chi connectivity index (χ0) is 16.7. The van der Waals surface area contributed by atoms with Crippen molar-refractivity contribution in [3.8, 4) is 5.88 Å². The Bertz CT molecular complexity index is 891. The number of hydrogen-bond donors (Lipinski definition) is 1. The van der Waals surface area contributed by atoms with Gasteiger partial charge < -0.3 is 5.11 Å². The van der Waals surface area contributed by atoms with E-state index in [9.17, 15) is 9.90 Å². The number of ketones is 1. The van der Waals surface area contributed by atoms with Crippen molar-refractivity contribution < 1.29 is 9.90 Å². The molecule has 0 bridgehead atoms. The summed E-state index contributed by atoms with van der Waals surface area (Å²) in [6.07, 6.45) is 2.56. The number of nitrogens with zero attached hydrogens (tertiary/aromatic N) is 4. The van der Waals surface area contributed by atoms with Crippen LogP contribution in [0.25, 0.3) is 4.96 Å². The number of aromatic hydroxyl groups is 1. The molecule has 0 spiro atoms. The first kappa shape index (κ1) is 15.3. The Morgan fingerprint density at radius 3 is 2.71 bits per heavy atom. The third-order valence-corrected chi connectivity index (χ3v) is 5.68. The number of carbonyl (C=O) groups excluding carboxylic acids is 1. The smallest absolute Gasteiger partial charge is 0.230 e. The summed E-state index contributed by atoms with van der Waals surface area (Å²) in [4.78, 5) is 19.6. The van der Waals surface area contributed by atoms with Crippen molar-refractivity contribution in [2.45, 2.75) is 25.8 Å². The third kappa shape index (κ3) is 2.50. The average Bonchev–Trinajstić information content (AvgIpc) is 3.15. The van der Waals surface area contributed by atoms with Gasteiger partial charge in [0.15, 0.2) is 0 Å². The Kier molecular flexibility index (Phi) is 3.82. The maximum Gasteiger partial charge on any atom is 0.230 e. The van der Waals surface area contributed by atoms with Crippen LogP contribution in [0.2, 0.25) is 0 Å². The largest absolute Gasteiger partial charge is 0.492 e. The van der Waals surface area contributed by atoms with E-state index in [1.54, 1.807) is 0 Å². The molecule has 1 aliphatic rings. The van der Waals surface area contributed by atoms with Gasteiger partial charge in [-0.25, -0.2) is 4.98 Å². The van der Waals surface area contributed by atoms with E-state index in [-0.39, 0.29) is 11.9 Å². The van der Waals surface area contributed by atoms with Crippen molar-refractivity contribution in [1.82, 2.24) is 19.5 Å². The molecule has 1 atom stereocenters. The predicted octanol–water partition coefficient (Wildman–Crippen LogP) is 2.56. The fraction of sp³-hybridized carbons (Fsp3) is 0.353. The molecule has 24 heavy (non-hydrogen) atoms. The van der Waals surface area contributed by atoms with Crippen LogP contribution in [0.15, 0.2) is 30.6 Å². The molecule has 0 radical (unpaired) electrons. The van der Waals surface area contributed by atoms with E-state index in [4.69, 9.17) is 0 Å². The molecule has 3 aromatic rings. The summed E-state index contributed by atoms with van der Waals surface area (Å²) in [5, 5.41) is 14.7. The lowest BCUT2D eigenvalue weighted by atomic mass is 9.96. The predicted molar refractivity (Wildman–Crippen MR) is 91.4 cm³/mol. The van der Waals surface area contributed by atoms with Crippen LogP contribution in [-0.4, -0.2) is 43.5 Å². The van der Waals surface area contributed by atoms with Gasteiger partial charge in [-0.1, -0.05) is 35.6 Å². The molecule has 1 N–H and O–H groups in total. The van der Waals surface area contributed by atoms with Crippen molar-refractivity contribution in [3.05, 3.63) is 46.6 Å². The van der Waals surface area contributed by atoms with Crippen LogP contribution in [0, 0.1) is 6.92 Å². The number of fused-ring (bicyclic) bond motifs is 1. The lowest BCUT2D eigenvalue weighted by Gasteiger charge is -2.34. The quantitative estimate of drug-likeness (QED) is 0.792. The van der Waals surface area contributed by atoms with Crippen LogP contribution >= 0.6 is 11.3 Å². The van der Waals surface area contributed by atoms with Crippen molar-refractivity contribution in [2.75, 3.05) is 13.1 Å². The van der Waals surface area contributed by atoms with Crippen LogP contribution < -0.4 is 0 Å². The molecule has 1 aromatic carbocycles. The first-order valence-corrected chi connectivity index (χ1v) is 8.79. The van der Waals surface area contributed by atoms with Crippen molar-refractivity contribution >= 4 is 22.1 Å². The number of rotatable bonds is 3. The zero-order valence-corrected chi connectivity index (χ0v) is 14.2. The number of likely N-dealkylation sites (tertiary alicyclic amines) is 1. The summed E-state index contributed by atoms with van der Waals surface area (Å²) in [6.45, 7) is 3.47. The van der Waals surface area contributed by atoms with Gasteiger partial charge in [0.2, 0.25) is 10.8 Å². The second-order valence-electron chi connectivity index (χ2n) is 6.08. The van der Waals surface area contributed by atoms with E-state index < -0.39 is 0 Å². The van der Waals surface area contributed by atoms with Gasteiger partial charge in [-0.05, 0) is 18.1 Å². The van der Waals surface area contributed by atoms with Gasteiger partial charge in [-0.15, -0.1) is 0 Å². The van der Waals surface area contributed by atoms with Crippen molar-refractivity contribution in [2.24, 2.45) is 0 Å². The average molecular weight is 342 g/mol. The second kappa shape index (κ2) is 5.99. The molecular weight excluding hydrogens is 324 g/mol. The van der Waals surface area contributed by atoms with Crippen molar-refractivity contribution in [3.63, 3.8) is 0 Å². The van der Waals surface area contributed by atoms with Gasteiger partial charge in [0, 0.05) is 25.9 Å². The highest BCUT2D eigenvalue weighted by Crippen LogP contribution is 2.41. The molecule has 0 saturated carbocycles. The number of benzene rings is 1. The van der Waals surface area contributed by atoms with E-state index >= 15 is 0 Å².